The van der Waals surface area contributed by atoms with E-state index in [1.807, 2.05) is 0 Å². The molecule has 1 unspecified atom stereocenters. The SMILES string of the molecule is CNC(O)c1cccnc1N. The van der Waals surface area contributed by atoms with E-state index in [4.69, 9.17) is 5.73 Å². The van der Waals surface area contributed by atoms with Crippen molar-refractivity contribution in [1.29, 1.82) is 0 Å². The van der Waals surface area contributed by atoms with Crippen molar-refractivity contribution in [3.05, 3.63) is 23.9 Å². The molecule has 1 atom stereocenters. The molecule has 0 spiro atoms. The molecule has 0 aliphatic rings. The van der Waals surface area contributed by atoms with Gasteiger partial charge in [0.15, 0.2) is 0 Å². The van der Waals surface area contributed by atoms with E-state index < -0.39 is 6.23 Å². The van der Waals surface area contributed by atoms with Gasteiger partial charge in [0.1, 0.15) is 12.0 Å². The van der Waals surface area contributed by atoms with Crippen LogP contribution in [-0.2, 0) is 0 Å². The molecule has 0 aliphatic carbocycles. The largest absolute Gasteiger partial charge is 0.383 e. The normalized spacial score (nSPS) is 12.9. The fourth-order valence-electron chi connectivity index (χ4n) is 0.817. The van der Waals surface area contributed by atoms with Gasteiger partial charge in [0.2, 0.25) is 0 Å². The number of nitrogens with one attached hydrogen (secondary N) is 1. The van der Waals surface area contributed by atoms with Crippen LogP contribution in [0.2, 0.25) is 0 Å². The Morgan fingerprint density at radius 2 is 2.45 bits per heavy atom. The monoisotopic (exact) mass is 153 g/mol. The topological polar surface area (TPSA) is 71.2 Å². The van der Waals surface area contributed by atoms with Crippen LogP contribution in [-0.4, -0.2) is 17.1 Å². The highest BCUT2D eigenvalue weighted by Crippen LogP contribution is 2.13. The van der Waals surface area contributed by atoms with Crippen molar-refractivity contribution in [1.82, 2.24) is 10.3 Å². The van der Waals surface area contributed by atoms with Crippen molar-refractivity contribution in [3.8, 4) is 0 Å². The fraction of sp³-hybridized carbons (Fsp3) is 0.286. The number of aromatic nitrogens is 1. The third-order valence-corrected chi connectivity index (χ3v) is 1.44. The van der Waals surface area contributed by atoms with Crippen LogP contribution in [0.25, 0.3) is 0 Å². The molecular weight excluding hydrogens is 142 g/mol. The minimum atomic E-state index is -0.733. The highest BCUT2D eigenvalue weighted by atomic mass is 16.3. The van der Waals surface area contributed by atoms with E-state index in [0.29, 0.717) is 11.4 Å². The van der Waals surface area contributed by atoms with Gasteiger partial charge < -0.3 is 10.8 Å². The first-order valence-corrected chi connectivity index (χ1v) is 3.31. The van der Waals surface area contributed by atoms with Crippen LogP contribution >= 0.6 is 0 Å². The van der Waals surface area contributed by atoms with Crippen molar-refractivity contribution >= 4 is 5.82 Å². The highest BCUT2D eigenvalue weighted by molar-refractivity contribution is 5.39. The molecule has 1 aromatic heterocycles. The number of aliphatic hydroxyl groups excluding tert-OH is 1. The predicted octanol–water partition coefficient (Wildman–Crippen LogP) is -0.126. The number of nitrogens with zero attached hydrogens (tertiary/aromatic N) is 1. The highest BCUT2D eigenvalue weighted by Gasteiger charge is 2.06. The standard InChI is InChI=1S/C7H11N3O/c1-9-7(11)5-3-2-4-10-6(5)8/h2-4,7,9,11H,1H3,(H2,8,10). The molecule has 0 amide bonds. The molecule has 0 fully saturated rings. The molecular formula is C7H11N3O. The zero-order valence-electron chi connectivity index (χ0n) is 6.28. The Balaban J connectivity index is 2.93. The first kappa shape index (κ1) is 7.97. The fourth-order valence-corrected chi connectivity index (χ4v) is 0.817. The average molecular weight is 153 g/mol. The lowest BCUT2D eigenvalue weighted by Crippen LogP contribution is -2.17. The number of rotatable bonds is 2. The van der Waals surface area contributed by atoms with Gasteiger partial charge in [-0.3, -0.25) is 5.32 Å². The van der Waals surface area contributed by atoms with Crippen LogP contribution in [0.3, 0.4) is 0 Å². The van der Waals surface area contributed by atoms with Crippen molar-refractivity contribution in [3.63, 3.8) is 0 Å². The first-order chi connectivity index (χ1) is 5.25. The lowest BCUT2D eigenvalue weighted by atomic mass is 10.2. The third kappa shape index (κ3) is 1.66. The quantitative estimate of drug-likeness (QED) is 0.518. The summed E-state index contributed by atoms with van der Waals surface area (Å²) in [6, 6.07) is 3.45. The molecule has 0 bridgehead atoms. The van der Waals surface area contributed by atoms with Gasteiger partial charge in [-0.2, -0.15) is 0 Å². The minimum Gasteiger partial charge on any atom is -0.383 e. The molecule has 0 aliphatic heterocycles. The van der Waals surface area contributed by atoms with E-state index in [1.165, 1.54) is 0 Å². The summed E-state index contributed by atoms with van der Waals surface area (Å²) in [4.78, 5) is 3.83. The van der Waals surface area contributed by atoms with E-state index >= 15 is 0 Å². The molecule has 0 aromatic carbocycles. The maximum atomic E-state index is 9.28. The van der Waals surface area contributed by atoms with Gasteiger partial charge in [0.25, 0.3) is 0 Å². The number of nitrogens with two attached hydrogens (primary N) is 1. The molecule has 11 heavy (non-hydrogen) atoms. The molecule has 0 radical (unpaired) electrons. The maximum absolute atomic E-state index is 9.28. The predicted molar refractivity (Wildman–Crippen MR) is 42.7 cm³/mol. The van der Waals surface area contributed by atoms with Gasteiger partial charge in [0, 0.05) is 11.8 Å². The lowest BCUT2D eigenvalue weighted by molar-refractivity contribution is 0.150. The smallest absolute Gasteiger partial charge is 0.134 e. The Hall–Kier alpha value is -1.13. The Kier molecular flexibility index (Phi) is 2.40. The second-order valence-electron chi connectivity index (χ2n) is 2.17. The van der Waals surface area contributed by atoms with E-state index in [0.717, 1.165) is 0 Å². The van der Waals surface area contributed by atoms with Crippen molar-refractivity contribution < 1.29 is 5.11 Å². The lowest BCUT2D eigenvalue weighted by Gasteiger charge is -2.10. The van der Waals surface area contributed by atoms with E-state index in [-0.39, 0.29) is 0 Å². The van der Waals surface area contributed by atoms with Crippen molar-refractivity contribution in [2.24, 2.45) is 0 Å². The van der Waals surface area contributed by atoms with Crippen molar-refractivity contribution in [2.75, 3.05) is 12.8 Å². The number of pyridine rings is 1. The molecule has 4 N–H and O–H groups in total. The molecule has 0 saturated carbocycles. The summed E-state index contributed by atoms with van der Waals surface area (Å²) >= 11 is 0. The number of anilines is 1. The maximum Gasteiger partial charge on any atom is 0.134 e. The summed E-state index contributed by atoms with van der Waals surface area (Å²) in [5.74, 6) is 0.356. The molecule has 4 heteroatoms. The van der Waals surface area contributed by atoms with Crippen LogP contribution in [0.1, 0.15) is 11.8 Å². The summed E-state index contributed by atoms with van der Waals surface area (Å²) in [7, 11) is 1.65. The van der Waals surface area contributed by atoms with Gasteiger partial charge in [-0.05, 0) is 19.2 Å². The van der Waals surface area contributed by atoms with Crippen LogP contribution in [0.5, 0.6) is 0 Å². The first-order valence-electron chi connectivity index (χ1n) is 3.31. The van der Waals surface area contributed by atoms with Crippen LogP contribution < -0.4 is 11.1 Å². The summed E-state index contributed by atoms with van der Waals surface area (Å²) < 4.78 is 0. The summed E-state index contributed by atoms with van der Waals surface area (Å²) in [6.07, 6.45) is 0.852. The average Bonchev–Trinajstić information content (AvgIpc) is 2.04. The third-order valence-electron chi connectivity index (χ3n) is 1.44. The summed E-state index contributed by atoms with van der Waals surface area (Å²) in [6.45, 7) is 0. The molecule has 4 nitrogen and oxygen atoms in total. The number of aliphatic hydroxyl groups is 1. The molecule has 0 saturated heterocycles. The Morgan fingerprint density at radius 3 is 3.00 bits per heavy atom. The summed E-state index contributed by atoms with van der Waals surface area (Å²) in [5, 5.41) is 11.9. The number of nitrogen functional groups attached to an aromatic ring is 1. The van der Waals surface area contributed by atoms with Crippen LogP contribution in [0.4, 0.5) is 5.82 Å². The van der Waals surface area contributed by atoms with Crippen LogP contribution in [0, 0.1) is 0 Å². The van der Waals surface area contributed by atoms with E-state index in [1.54, 1.807) is 25.4 Å². The molecule has 60 valence electrons. The minimum absolute atomic E-state index is 0.356. The molecule has 1 aromatic rings. The van der Waals surface area contributed by atoms with Gasteiger partial charge >= 0.3 is 0 Å². The second kappa shape index (κ2) is 3.32. The zero-order chi connectivity index (χ0) is 8.27. The van der Waals surface area contributed by atoms with E-state index in [9.17, 15) is 5.11 Å². The molecule has 1 rings (SSSR count). The van der Waals surface area contributed by atoms with Gasteiger partial charge in [0.05, 0.1) is 0 Å². The second-order valence-corrected chi connectivity index (χ2v) is 2.17. The van der Waals surface area contributed by atoms with Gasteiger partial charge in [-0.15, -0.1) is 0 Å². The van der Waals surface area contributed by atoms with Gasteiger partial charge in [-0.25, -0.2) is 4.98 Å². The Labute approximate surface area is 65.1 Å². The summed E-state index contributed by atoms with van der Waals surface area (Å²) in [5.41, 5.74) is 6.09. The Bertz CT molecular complexity index is 239. The number of hydrogen-bond acceptors (Lipinski definition) is 4. The van der Waals surface area contributed by atoms with Crippen molar-refractivity contribution in [2.45, 2.75) is 6.23 Å². The zero-order valence-corrected chi connectivity index (χ0v) is 6.28. The van der Waals surface area contributed by atoms with E-state index in [2.05, 4.69) is 10.3 Å². The van der Waals surface area contributed by atoms with Crippen LogP contribution in [0.15, 0.2) is 18.3 Å². The molecule has 1 heterocycles. The van der Waals surface area contributed by atoms with Gasteiger partial charge in [-0.1, -0.05) is 0 Å². The Morgan fingerprint density at radius 1 is 1.73 bits per heavy atom. The number of hydrogen-bond donors (Lipinski definition) is 3.